The van der Waals surface area contributed by atoms with Gasteiger partial charge in [0.05, 0.1) is 23.8 Å². The van der Waals surface area contributed by atoms with E-state index in [9.17, 15) is 4.79 Å². The molecule has 7 heteroatoms. The molecule has 27 heavy (non-hydrogen) atoms. The molecular weight excluding hydrogens is 360 g/mol. The zero-order chi connectivity index (χ0) is 18.7. The SMILES string of the molecule is Cc1cccc(-n2c(=O)c3c4c(sc3n3cnnc23)CO[C@@H](C(C)C)C4)c1. The summed E-state index contributed by atoms with van der Waals surface area (Å²) in [6.45, 7) is 6.90. The van der Waals surface area contributed by atoms with Gasteiger partial charge in [-0.05, 0) is 36.1 Å². The first kappa shape index (κ1) is 16.6. The van der Waals surface area contributed by atoms with E-state index in [1.807, 2.05) is 35.6 Å². The molecule has 6 nitrogen and oxygen atoms in total. The highest BCUT2D eigenvalue weighted by Crippen LogP contribution is 2.36. The average molecular weight is 380 g/mol. The van der Waals surface area contributed by atoms with Crippen LogP contribution in [0.1, 0.15) is 29.9 Å². The topological polar surface area (TPSA) is 61.4 Å². The minimum atomic E-state index is -0.0296. The number of hydrogen-bond donors (Lipinski definition) is 0. The largest absolute Gasteiger partial charge is 0.372 e. The Kier molecular flexibility index (Phi) is 3.70. The monoisotopic (exact) mass is 380 g/mol. The Bertz CT molecular complexity index is 1230. The third kappa shape index (κ3) is 2.45. The van der Waals surface area contributed by atoms with Gasteiger partial charge >= 0.3 is 0 Å². The number of aromatic nitrogens is 4. The predicted molar refractivity (Wildman–Crippen MR) is 106 cm³/mol. The van der Waals surface area contributed by atoms with Crippen molar-refractivity contribution in [3.05, 3.63) is 57.0 Å². The van der Waals surface area contributed by atoms with E-state index in [0.717, 1.165) is 38.3 Å². The second-order valence-electron chi connectivity index (χ2n) is 7.46. The van der Waals surface area contributed by atoms with Crippen molar-refractivity contribution < 1.29 is 4.74 Å². The Morgan fingerprint density at radius 3 is 2.96 bits per heavy atom. The molecule has 0 bridgehead atoms. The molecule has 4 heterocycles. The Labute approximate surface area is 160 Å². The lowest BCUT2D eigenvalue weighted by Crippen LogP contribution is -2.28. The first-order chi connectivity index (χ1) is 13.0. The molecule has 0 fully saturated rings. The fourth-order valence-corrected chi connectivity index (χ4v) is 5.03. The Balaban J connectivity index is 1.86. The zero-order valence-corrected chi connectivity index (χ0v) is 16.3. The lowest BCUT2D eigenvalue weighted by Gasteiger charge is -2.26. The van der Waals surface area contributed by atoms with Crippen LogP contribution in [-0.4, -0.2) is 25.3 Å². The molecule has 4 aromatic rings. The van der Waals surface area contributed by atoms with Crippen LogP contribution in [0.15, 0.2) is 35.4 Å². The van der Waals surface area contributed by atoms with Gasteiger partial charge in [-0.15, -0.1) is 21.5 Å². The minimum absolute atomic E-state index is 0.0296. The molecule has 0 saturated carbocycles. The molecule has 3 aromatic heterocycles. The van der Waals surface area contributed by atoms with E-state index in [0.29, 0.717) is 18.3 Å². The van der Waals surface area contributed by atoms with Crippen LogP contribution >= 0.6 is 11.3 Å². The summed E-state index contributed by atoms with van der Waals surface area (Å²) >= 11 is 1.61. The molecule has 0 aliphatic carbocycles. The number of rotatable bonds is 2. The lowest BCUT2D eigenvalue weighted by atomic mass is 9.96. The van der Waals surface area contributed by atoms with Crippen LogP contribution in [-0.2, 0) is 17.8 Å². The van der Waals surface area contributed by atoms with Crippen molar-refractivity contribution in [2.24, 2.45) is 5.92 Å². The van der Waals surface area contributed by atoms with Crippen molar-refractivity contribution in [2.45, 2.75) is 39.9 Å². The van der Waals surface area contributed by atoms with Gasteiger partial charge in [0.25, 0.3) is 5.56 Å². The summed E-state index contributed by atoms with van der Waals surface area (Å²) in [4.78, 5) is 15.6. The molecule has 0 radical (unpaired) electrons. The molecule has 1 atom stereocenters. The molecule has 138 valence electrons. The third-order valence-corrected chi connectivity index (χ3v) is 6.48. The molecule has 0 amide bonds. The number of fused-ring (bicyclic) bond motifs is 5. The molecule has 1 aliphatic rings. The van der Waals surface area contributed by atoms with Gasteiger partial charge in [0, 0.05) is 11.3 Å². The van der Waals surface area contributed by atoms with Crippen molar-refractivity contribution >= 4 is 27.3 Å². The average Bonchev–Trinajstić information content (AvgIpc) is 3.25. The summed E-state index contributed by atoms with van der Waals surface area (Å²) in [6, 6.07) is 7.92. The van der Waals surface area contributed by atoms with Crippen LogP contribution < -0.4 is 5.56 Å². The van der Waals surface area contributed by atoms with E-state index in [4.69, 9.17) is 4.74 Å². The quantitative estimate of drug-likeness (QED) is 0.534. The molecule has 0 saturated heterocycles. The van der Waals surface area contributed by atoms with Gasteiger partial charge in [-0.3, -0.25) is 9.20 Å². The fourth-order valence-electron chi connectivity index (χ4n) is 3.82. The fraction of sp³-hybridized carbons (Fsp3) is 0.350. The van der Waals surface area contributed by atoms with Crippen molar-refractivity contribution in [3.8, 4) is 5.69 Å². The third-order valence-electron chi connectivity index (χ3n) is 5.27. The summed E-state index contributed by atoms with van der Waals surface area (Å²) in [5.41, 5.74) is 3.00. The van der Waals surface area contributed by atoms with E-state index in [1.54, 1.807) is 22.2 Å². The molecule has 5 rings (SSSR count). The van der Waals surface area contributed by atoms with E-state index < -0.39 is 0 Å². The minimum Gasteiger partial charge on any atom is -0.372 e. The van der Waals surface area contributed by atoms with Crippen LogP contribution in [0.4, 0.5) is 0 Å². The highest BCUT2D eigenvalue weighted by molar-refractivity contribution is 7.18. The normalized spacial score (nSPS) is 17.1. The summed E-state index contributed by atoms with van der Waals surface area (Å²) < 4.78 is 9.62. The first-order valence-corrected chi connectivity index (χ1v) is 9.94. The number of hydrogen-bond acceptors (Lipinski definition) is 5. The van der Waals surface area contributed by atoms with E-state index in [-0.39, 0.29) is 11.7 Å². The van der Waals surface area contributed by atoms with Crippen LogP contribution in [0, 0.1) is 12.8 Å². The Morgan fingerprint density at radius 2 is 2.19 bits per heavy atom. The second kappa shape index (κ2) is 6.00. The Hall–Kier alpha value is -2.51. The van der Waals surface area contributed by atoms with Gasteiger partial charge in [0.15, 0.2) is 0 Å². The lowest BCUT2D eigenvalue weighted by molar-refractivity contribution is 0.00200. The van der Waals surface area contributed by atoms with Crippen LogP contribution in [0.25, 0.3) is 21.7 Å². The van der Waals surface area contributed by atoms with Crippen LogP contribution in [0.3, 0.4) is 0 Å². The maximum Gasteiger partial charge on any atom is 0.268 e. The van der Waals surface area contributed by atoms with E-state index in [2.05, 4.69) is 24.0 Å². The summed E-state index contributed by atoms with van der Waals surface area (Å²) in [5.74, 6) is 0.948. The molecule has 0 spiro atoms. The van der Waals surface area contributed by atoms with Crippen molar-refractivity contribution in [1.82, 2.24) is 19.2 Å². The highest BCUT2D eigenvalue weighted by Gasteiger charge is 2.29. The second-order valence-corrected chi connectivity index (χ2v) is 8.55. The molecule has 1 aromatic carbocycles. The van der Waals surface area contributed by atoms with Crippen LogP contribution in [0.2, 0.25) is 0 Å². The van der Waals surface area contributed by atoms with Gasteiger partial charge in [0.1, 0.15) is 11.2 Å². The summed E-state index contributed by atoms with van der Waals surface area (Å²) in [6.07, 6.45) is 2.59. The van der Waals surface area contributed by atoms with Gasteiger partial charge in [-0.25, -0.2) is 4.57 Å². The number of benzene rings is 1. The summed E-state index contributed by atoms with van der Waals surface area (Å²) in [5, 5.41) is 9.09. The van der Waals surface area contributed by atoms with Crippen LogP contribution in [0.5, 0.6) is 0 Å². The predicted octanol–water partition coefficient (Wildman–Crippen LogP) is 3.50. The van der Waals surface area contributed by atoms with Gasteiger partial charge < -0.3 is 4.74 Å². The number of ether oxygens (including phenoxy) is 1. The highest BCUT2D eigenvalue weighted by atomic mass is 32.1. The smallest absolute Gasteiger partial charge is 0.268 e. The summed E-state index contributed by atoms with van der Waals surface area (Å²) in [7, 11) is 0. The molecule has 0 N–H and O–H groups in total. The molecule has 0 unspecified atom stereocenters. The number of thiophene rings is 1. The van der Waals surface area contributed by atoms with Crippen molar-refractivity contribution in [1.29, 1.82) is 0 Å². The maximum atomic E-state index is 13.6. The van der Waals surface area contributed by atoms with E-state index in [1.165, 1.54) is 0 Å². The first-order valence-electron chi connectivity index (χ1n) is 9.12. The maximum absolute atomic E-state index is 13.6. The molecular formula is C20H20N4O2S. The van der Waals surface area contributed by atoms with Gasteiger partial charge in [-0.2, -0.15) is 0 Å². The van der Waals surface area contributed by atoms with Crippen molar-refractivity contribution in [2.75, 3.05) is 0 Å². The number of nitrogens with zero attached hydrogens (tertiary/aromatic N) is 4. The molecule has 1 aliphatic heterocycles. The zero-order valence-electron chi connectivity index (χ0n) is 15.5. The Morgan fingerprint density at radius 1 is 1.33 bits per heavy atom. The van der Waals surface area contributed by atoms with Crippen molar-refractivity contribution in [3.63, 3.8) is 0 Å². The number of aryl methyl sites for hydroxylation is 1. The standard InChI is InChI=1S/C20H20N4O2S/c1-11(2)15-8-14-16(9-26-15)27-19-17(14)18(25)24(20-22-21-10-23(19)20)13-6-4-5-12(3)7-13/h4-7,10-11,15H,8-9H2,1-3H3/t15-/m1/s1. The van der Waals surface area contributed by atoms with E-state index >= 15 is 0 Å². The van der Waals surface area contributed by atoms with Gasteiger partial charge in [-0.1, -0.05) is 26.0 Å². The van der Waals surface area contributed by atoms with Gasteiger partial charge in [0.2, 0.25) is 5.78 Å².